The molecular formula is C17H15ClN4O3. The van der Waals surface area contributed by atoms with E-state index in [1.54, 1.807) is 30.3 Å². The molecule has 3 rings (SSSR count). The van der Waals surface area contributed by atoms with E-state index in [0.717, 1.165) is 0 Å². The molecule has 2 aromatic carbocycles. The third-order valence-corrected chi connectivity index (χ3v) is 3.89. The zero-order chi connectivity index (χ0) is 17.8. The zero-order valence-electron chi connectivity index (χ0n) is 13.6. The van der Waals surface area contributed by atoms with Crippen LogP contribution in [-0.4, -0.2) is 40.2 Å². The maximum absolute atomic E-state index is 12.4. The van der Waals surface area contributed by atoms with Crippen LogP contribution in [0.4, 0.5) is 0 Å². The smallest absolute Gasteiger partial charge is 0.206 e. The van der Waals surface area contributed by atoms with Crippen molar-refractivity contribution in [1.82, 2.24) is 20.2 Å². The Morgan fingerprint density at radius 3 is 2.60 bits per heavy atom. The summed E-state index contributed by atoms with van der Waals surface area (Å²) in [6, 6.07) is 12.1. The van der Waals surface area contributed by atoms with Gasteiger partial charge in [-0.3, -0.25) is 4.79 Å². The van der Waals surface area contributed by atoms with Gasteiger partial charge < -0.3 is 9.47 Å². The number of hydrogen-bond acceptors (Lipinski definition) is 6. The number of halogens is 1. The Labute approximate surface area is 149 Å². The Hall–Kier alpha value is -2.93. The molecular weight excluding hydrogens is 344 g/mol. The first-order valence-corrected chi connectivity index (χ1v) is 7.78. The van der Waals surface area contributed by atoms with Gasteiger partial charge in [0.25, 0.3) is 0 Å². The highest BCUT2D eigenvalue weighted by Crippen LogP contribution is 2.28. The fraction of sp³-hybridized carbons (Fsp3) is 0.176. The first-order chi connectivity index (χ1) is 12.1. The van der Waals surface area contributed by atoms with E-state index in [0.29, 0.717) is 33.5 Å². The molecule has 0 fully saturated rings. The van der Waals surface area contributed by atoms with Crippen molar-refractivity contribution >= 4 is 17.4 Å². The van der Waals surface area contributed by atoms with Gasteiger partial charge in [-0.15, -0.1) is 10.2 Å². The second-order valence-electron chi connectivity index (χ2n) is 5.12. The van der Waals surface area contributed by atoms with Gasteiger partial charge in [-0.25, -0.2) is 0 Å². The minimum absolute atomic E-state index is 0.0487. The van der Waals surface area contributed by atoms with E-state index in [1.165, 1.54) is 19.0 Å². The Balaban J connectivity index is 1.79. The lowest BCUT2D eigenvalue weighted by molar-refractivity contribution is 0.0961. The van der Waals surface area contributed by atoms with Crippen molar-refractivity contribution in [2.24, 2.45) is 0 Å². The molecule has 7 nitrogen and oxygen atoms in total. The fourth-order valence-corrected chi connectivity index (χ4v) is 2.51. The third-order valence-electron chi connectivity index (χ3n) is 3.56. The van der Waals surface area contributed by atoms with Crippen LogP contribution in [0, 0.1) is 0 Å². The van der Waals surface area contributed by atoms with Crippen LogP contribution in [-0.2, 0) is 6.54 Å². The molecule has 0 saturated carbocycles. The average Bonchev–Trinajstić information content (AvgIpc) is 3.09. The Bertz CT molecular complexity index is 910. The van der Waals surface area contributed by atoms with Gasteiger partial charge in [0.05, 0.1) is 19.2 Å². The molecule has 0 N–H and O–H groups in total. The molecule has 0 aliphatic rings. The summed E-state index contributed by atoms with van der Waals surface area (Å²) in [6.45, 7) is -0.0487. The lowest BCUT2D eigenvalue weighted by atomic mass is 10.1. The molecule has 0 saturated heterocycles. The van der Waals surface area contributed by atoms with E-state index >= 15 is 0 Å². The summed E-state index contributed by atoms with van der Waals surface area (Å²) in [4.78, 5) is 13.7. The zero-order valence-corrected chi connectivity index (χ0v) is 14.4. The number of methoxy groups -OCH3 is 2. The predicted octanol–water partition coefficient (Wildman–Crippen LogP) is 2.89. The quantitative estimate of drug-likeness (QED) is 0.630. The van der Waals surface area contributed by atoms with Crippen molar-refractivity contribution in [2.45, 2.75) is 6.54 Å². The molecule has 25 heavy (non-hydrogen) atoms. The van der Waals surface area contributed by atoms with Crippen molar-refractivity contribution in [3.05, 3.63) is 53.1 Å². The van der Waals surface area contributed by atoms with Crippen molar-refractivity contribution < 1.29 is 14.3 Å². The summed E-state index contributed by atoms with van der Waals surface area (Å²) in [5.41, 5.74) is 1.13. The number of ketones is 1. The van der Waals surface area contributed by atoms with Gasteiger partial charge in [-0.05, 0) is 35.5 Å². The molecule has 128 valence electrons. The number of ether oxygens (including phenoxy) is 2. The molecule has 0 aliphatic heterocycles. The van der Waals surface area contributed by atoms with Crippen LogP contribution >= 0.6 is 11.6 Å². The van der Waals surface area contributed by atoms with Crippen LogP contribution in [0.2, 0.25) is 5.02 Å². The number of rotatable bonds is 6. The predicted molar refractivity (Wildman–Crippen MR) is 92.1 cm³/mol. The van der Waals surface area contributed by atoms with Crippen LogP contribution in [0.3, 0.4) is 0 Å². The summed E-state index contributed by atoms with van der Waals surface area (Å²) in [5, 5.41) is 12.6. The van der Waals surface area contributed by atoms with Gasteiger partial charge in [0.1, 0.15) is 6.54 Å². The molecule has 1 heterocycles. The summed E-state index contributed by atoms with van der Waals surface area (Å²) in [5.74, 6) is 1.23. The Kier molecular flexibility index (Phi) is 4.95. The standard InChI is InChI=1S/C17H15ClN4O3/c1-24-15-8-7-11(9-16(15)25-2)14(23)10-22-20-17(19-21-22)12-5-3-4-6-13(12)18/h3-9H,10H2,1-2H3. The average molecular weight is 359 g/mol. The number of nitrogens with zero attached hydrogens (tertiary/aromatic N) is 4. The molecule has 0 radical (unpaired) electrons. The van der Waals surface area contributed by atoms with E-state index in [2.05, 4.69) is 15.4 Å². The maximum atomic E-state index is 12.4. The van der Waals surface area contributed by atoms with E-state index < -0.39 is 0 Å². The van der Waals surface area contributed by atoms with Crippen LogP contribution in [0.15, 0.2) is 42.5 Å². The molecule has 3 aromatic rings. The van der Waals surface area contributed by atoms with Crippen molar-refractivity contribution in [3.63, 3.8) is 0 Å². The van der Waals surface area contributed by atoms with Crippen molar-refractivity contribution in [3.8, 4) is 22.9 Å². The normalized spacial score (nSPS) is 10.5. The second kappa shape index (κ2) is 7.31. The van der Waals surface area contributed by atoms with Crippen LogP contribution in [0.25, 0.3) is 11.4 Å². The number of carbonyl (C=O) groups excluding carboxylic acids is 1. The Morgan fingerprint density at radius 1 is 1.12 bits per heavy atom. The molecule has 0 spiro atoms. The number of benzene rings is 2. The fourth-order valence-electron chi connectivity index (χ4n) is 2.29. The number of hydrogen-bond donors (Lipinski definition) is 0. The van der Waals surface area contributed by atoms with Gasteiger partial charge in [-0.2, -0.15) is 4.80 Å². The lowest BCUT2D eigenvalue weighted by Gasteiger charge is -2.08. The summed E-state index contributed by atoms with van der Waals surface area (Å²) >= 11 is 6.12. The first kappa shape index (κ1) is 16.9. The van der Waals surface area contributed by atoms with Gasteiger partial charge >= 0.3 is 0 Å². The highest BCUT2D eigenvalue weighted by atomic mass is 35.5. The molecule has 0 atom stereocenters. The second-order valence-corrected chi connectivity index (χ2v) is 5.52. The minimum Gasteiger partial charge on any atom is -0.493 e. The van der Waals surface area contributed by atoms with Crippen LogP contribution in [0.1, 0.15) is 10.4 Å². The number of carbonyl (C=O) groups is 1. The van der Waals surface area contributed by atoms with E-state index in [4.69, 9.17) is 21.1 Å². The number of tetrazole rings is 1. The highest BCUT2D eigenvalue weighted by Gasteiger charge is 2.14. The lowest BCUT2D eigenvalue weighted by Crippen LogP contribution is -2.13. The number of aromatic nitrogens is 4. The van der Waals surface area contributed by atoms with Crippen molar-refractivity contribution in [2.75, 3.05) is 14.2 Å². The highest BCUT2D eigenvalue weighted by molar-refractivity contribution is 6.33. The molecule has 0 aliphatic carbocycles. The van der Waals surface area contributed by atoms with Gasteiger partial charge in [-0.1, -0.05) is 23.7 Å². The largest absolute Gasteiger partial charge is 0.493 e. The van der Waals surface area contributed by atoms with E-state index in [9.17, 15) is 4.79 Å². The van der Waals surface area contributed by atoms with Gasteiger partial charge in [0, 0.05) is 11.1 Å². The monoisotopic (exact) mass is 358 g/mol. The topological polar surface area (TPSA) is 79.1 Å². The molecule has 0 bridgehead atoms. The van der Waals surface area contributed by atoms with Crippen LogP contribution in [0.5, 0.6) is 11.5 Å². The van der Waals surface area contributed by atoms with E-state index in [1.807, 2.05) is 12.1 Å². The molecule has 0 unspecified atom stereocenters. The first-order valence-electron chi connectivity index (χ1n) is 7.40. The molecule has 0 amide bonds. The van der Waals surface area contributed by atoms with Gasteiger partial charge in [0.2, 0.25) is 5.82 Å². The van der Waals surface area contributed by atoms with Gasteiger partial charge in [0.15, 0.2) is 17.3 Å². The van der Waals surface area contributed by atoms with E-state index in [-0.39, 0.29) is 12.3 Å². The Morgan fingerprint density at radius 2 is 1.88 bits per heavy atom. The van der Waals surface area contributed by atoms with Crippen molar-refractivity contribution in [1.29, 1.82) is 0 Å². The minimum atomic E-state index is -0.177. The molecule has 8 heteroatoms. The summed E-state index contributed by atoms with van der Waals surface area (Å²) in [7, 11) is 3.05. The number of Topliss-reactive ketones (excluding diaryl/α,β-unsaturated/α-hetero) is 1. The third kappa shape index (κ3) is 3.61. The SMILES string of the molecule is COc1ccc(C(=O)Cn2nnc(-c3ccccc3Cl)n2)cc1OC. The van der Waals surface area contributed by atoms with Crippen LogP contribution < -0.4 is 9.47 Å². The molecule has 1 aromatic heterocycles. The summed E-state index contributed by atoms with van der Waals surface area (Å²) in [6.07, 6.45) is 0. The summed E-state index contributed by atoms with van der Waals surface area (Å²) < 4.78 is 10.4. The maximum Gasteiger partial charge on any atom is 0.206 e.